The number of hydrogen-bond acceptors (Lipinski definition) is 1. The molecule has 2 rings (SSSR count). The number of halogens is 5. The molecular formula is C18H13Cl2F3O. The van der Waals surface area contributed by atoms with E-state index in [4.69, 9.17) is 23.2 Å². The zero-order valence-corrected chi connectivity index (χ0v) is 14.4. The van der Waals surface area contributed by atoms with Crippen LogP contribution in [0.15, 0.2) is 42.5 Å². The molecule has 0 heterocycles. The number of aryl methyl sites for hydroxylation is 2. The second-order valence-electron chi connectivity index (χ2n) is 5.38. The number of alkyl halides is 3. The summed E-state index contributed by atoms with van der Waals surface area (Å²) in [5, 5.41) is 0.123. The summed E-state index contributed by atoms with van der Waals surface area (Å²) >= 11 is 11.5. The van der Waals surface area contributed by atoms with Crippen molar-refractivity contribution in [3.8, 4) is 0 Å². The van der Waals surface area contributed by atoms with E-state index in [1.807, 2.05) is 6.92 Å². The topological polar surface area (TPSA) is 17.1 Å². The molecule has 0 aliphatic rings. The Morgan fingerprint density at radius 3 is 2.00 bits per heavy atom. The van der Waals surface area contributed by atoms with Gasteiger partial charge in [-0.25, -0.2) is 0 Å². The Morgan fingerprint density at radius 2 is 1.50 bits per heavy atom. The maximum absolute atomic E-state index is 13.4. The van der Waals surface area contributed by atoms with E-state index in [1.165, 1.54) is 12.1 Å². The highest BCUT2D eigenvalue weighted by atomic mass is 35.5. The quantitative estimate of drug-likeness (QED) is 0.447. The molecule has 0 radical (unpaired) electrons. The van der Waals surface area contributed by atoms with Crippen molar-refractivity contribution in [3.63, 3.8) is 0 Å². The number of allylic oxidation sites excluding steroid dienone is 2. The first-order chi connectivity index (χ1) is 11.1. The highest BCUT2D eigenvalue weighted by molar-refractivity contribution is 6.35. The lowest BCUT2D eigenvalue weighted by Gasteiger charge is -2.13. The zero-order chi connectivity index (χ0) is 18.1. The van der Waals surface area contributed by atoms with Gasteiger partial charge in [-0.2, -0.15) is 13.2 Å². The third-order valence-corrected chi connectivity index (χ3v) is 3.98. The van der Waals surface area contributed by atoms with Gasteiger partial charge in [0.15, 0.2) is 5.78 Å². The van der Waals surface area contributed by atoms with Crippen LogP contribution in [0.3, 0.4) is 0 Å². The van der Waals surface area contributed by atoms with Gasteiger partial charge in [0.1, 0.15) is 0 Å². The molecule has 0 bridgehead atoms. The Hall–Kier alpha value is -1.78. The molecule has 0 spiro atoms. The van der Waals surface area contributed by atoms with Crippen molar-refractivity contribution in [2.24, 2.45) is 0 Å². The van der Waals surface area contributed by atoms with E-state index in [1.54, 1.807) is 19.1 Å². The average Bonchev–Trinajstić information content (AvgIpc) is 2.45. The predicted molar refractivity (Wildman–Crippen MR) is 90.7 cm³/mol. The minimum absolute atomic E-state index is 0.0614. The SMILES string of the molecule is Cc1ccc(C(=O)/C=C(/c2cc(Cl)cc(Cl)c2)C(F)(F)F)cc1C. The summed E-state index contributed by atoms with van der Waals surface area (Å²) in [6.45, 7) is 3.64. The molecule has 0 N–H and O–H groups in total. The second-order valence-corrected chi connectivity index (χ2v) is 6.25. The fourth-order valence-electron chi connectivity index (χ4n) is 2.15. The van der Waals surface area contributed by atoms with Crippen LogP contribution in [0, 0.1) is 13.8 Å². The van der Waals surface area contributed by atoms with Crippen LogP contribution in [-0.2, 0) is 0 Å². The first kappa shape index (κ1) is 18.6. The molecule has 0 aliphatic carbocycles. The minimum atomic E-state index is -4.72. The first-order valence-electron chi connectivity index (χ1n) is 6.95. The van der Waals surface area contributed by atoms with Crippen LogP contribution < -0.4 is 0 Å². The molecule has 0 unspecified atom stereocenters. The molecule has 24 heavy (non-hydrogen) atoms. The lowest BCUT2D eigenvalue weighted by atomic mass is 9.99. The zero-order valence-electron chi connectivity index (χ0n) is 12.8. The summed E-state index contributed by atoms with van der Waals surface area (Å²) in [7, 11) is 0. The Kier molecular flexibility index (Phi) is 5.41. The van der Waals surface area contributed by atoms with Gasteiger partial charge >= 0.3 is 6.18 Å². The van der Waals surface area contributed by atoms with Crippen molar-refractivity contribution in [1.82, 2.24) is 0 Å². The van der Waals surface area contributed by atoms with Gasteiger partial charge in [0.2, 0.25) is 0 Å². The van der Waals surface area contributed by atoms with Crippen molar-refractivity contribution in [2.45, 2.75) is 20.0 Å². The van der Waals surface area contributed by atoms with Crippen LogP contribution in [-0.4, -0.2) is 12.0 Å². The molecule has 126 valence electrons. The lowest BCUT2D eigenvalue weighted by molar-refractivity contribution is -0.0689. The Bertz CT molecular complexity index is 803. The maximum Gasteiger partial charge on any atom is 0.417 e. The van der Waals surface area contributed by atoms with Gasteiger partial charge < -0.3 is 0 Å². The number of benzene rings is 2. The van der Waals surface area contributed by atoms with Gasteiger partial charge in [0, 0.05) is 15.6 Å². The molecule has 0 saturated carbocycles. The van der Waals surface area contributed by atoms with Gasteiger partial charge in [-0.3, -0.25) is 4.79 Å². The monoisotopic (exact) mass is 372 g/mol. The second kappa shape index (κ2) is 6.99. The van der Waals surface area contributed by atoms with Gasteiger partial charge in [0.05, 0.1) is 5.57 Å². The summed E-state index contributed by atoms with van der Waals surface area (Å²) in [5.41, 5.74) is 0.627. The highest BCUT2D eigenvalue weighted by Gasteiger charge is 2.35. The fourth-order valence-corrected chi connectivity index (χ4v) is 2.67. The number of ketones is 1. The minimum Gasteiger partial charge on any atom is -0.289 e. The standard InChI is InChI=1S/C18H13Cl2F3O/c1-10-3-4-12(5-11(10)2)17(24)9-16(18(21,22)23)13-6-14(19)8-15(20)7-13/h3-9H,1-2H3/b16-9-. The van der Waals surface area contributed by atoms with E-state index in [2.05, 4.69) is 0 Å². The molecule has 0 fully saturated rings. The van der Waals surface area contributed by atoms with E-state index in [0.717, 1.165) is 23.3 Å². The summed E-state index contributed by atoms with van der Waals surface area (Å²) in [4.78, 5) is 12.3. The van der Waals surface area contributed by atoms with E-state index >= 15 is 0 Å². The predicted octanol–water partition coefficient (Wildman–Crippen LogP) is 6.44. The van der Waals surface area contributed by atoms with Crippen molar-refractivity contribution in [3.05, 3.63) is 74.8 Å². The third kappa shape index (κ3) is 4.40. The normalized spacial score (nSPS) is 12.4. The Labute approximate surface area is 147 Å². The molecule has 0 saturated heterocycles. The van der Waals surface area contributed by atoms with Gasteiger partial charge in [0.25, 0.3) is 0 Å². The molecule has 2 aromatic carbocycles. The van der Waals surface area contributed by atoms with Gasteiger partial charge in [-0.1, -0.05) is 35.3 Å². The summed E-state index contributed by atoms with van der Waals surface area (Å²) < 4.78 is 40.1. The van der Waals surface area contributed by atoms with Crippen molar-refractivity contribution < 1.29 is 18.0 Å². The van der Waals surface area contributed by atoms with E-state index in [0.29, 0.717) is 6.08 Å². The van der Waals surface area contributed by atoms with E-state index in [9.17, 15) is 18.0 Å². The Balaban J connectivity index is 2.53. The number of carbonyl (C=O) groups is 1. The van der Waals surface area contributed by atoms with Crippen molar-refractivity contribution in [2.75, 3.05) is 0 Å². The average molecular weight is 373 g/mol. The number of rotatable bonds is 3. The summed E-state index contributed by atoms with van der Waals surface area (Å²) in [5.74, 6) is -0.735. The van der Waals surface area contributed by atoms with Crippen LogP contribution in [0.2, 0.25) is 10.0 Å². The van der Waals surface area contributed by atoms with E-state index < -0.39 is 17.5 Å². The smallest absolute Gasteiger partial charge is 0.289 e. The largest absolute Gasteiger partial charge is 0.417 e. The third-order valence-electron chi connectivity index (χ3n) is 3.55. The fraction of sp³-hybridized carbons (Fsp3) is 0.167. The molecule has 0 aromatic heterocycles. The van der Waals surface area contributed by atoms with Crippen molar-refractivity contribution >= 4 is 34.6 Å². The lowest BCUT2D eigenvalue weighted by Crippen LogP contribution is -2.13. The van der Waals surface area contributed by atoms with Crippen LogP contribution in [0.25, 0.3) is 5.57 Å². The molecule has 1 nitrogen and oxygen atoms in total. The molecule has 0 amide bonds. The number of carbonyl (C=O) groups excluding carboxylic acids is 1. The summed E-state index contributed by atoms with van der Waals surface area (Å²) in [6, 6.07) is 8.33. The molecule has 0 aliphatic heterocycles. The van der Waals surface area contributed by atoms with Crippen LogP contribution in [0.4, 0.5) is 13.2 Å². The van der Waals surface area contributed by atoms with Gasteiger partial charge in [-0.15, -0.1) is 0 Å². The summed E-state index contributed by atoms with van der Waals surface area (Å²) in [6.07, 6.45) is -4.14. The van der Waals surface area contributed by atoms with Crippen LogP contribution in [0.5, 0.6) is 0 Å². The molecular weight excluding hydrogens is 360 g/mol. The molecule has 6 heteroatoms. The number of hydrogen-bond donors (Lipinski definition) is 0. The highest BCUT2D eigenvalue weighted by Crippen LogP contribution is 2.36. The Morgan fingerprint density at radius 1 is 0.917 bits per heavy atom. The van der Waals surface area contributed by atoms with Gasteiger partial charge in [-0.05, 0) is 60.9 Å². The van der Waals surface area contributed by atoms with Crippen molar-refractivity contribution in [1.29, 1.82) is 0 Å². The van der Waals surface area contributed by atoms with Crippen LogP contribution >= 0.6 is 23.2 Å². The molecule has 0 atom stereocenters. The van der Waals surface area contributed by atoms with E-state index in [-0.39, 0.29) is 21.2 Å². The van der Waals surface area contributed by atoms with Crippen LogP contribution in [0.1, 0.15) is 27.0 Å². The first-order valence-corrected chi connectivity index (χ1v) is 7.70. The maximum atomic E-state index is 13.4. The molecule has 2 aromatic rings.